The smallest absolute Gasteiger partial charge is 0.417 e. The van der Waals surface area contributed by atoms with Gasteiger partial charge in [-0.05, 0) is 30.3 Å². The van der Waals surface area contributed by atoms with E-state index in [1.54, 1.807) is 18.2 Å². The number of pyridine rings is 2. The summed E-state index contributed by atoms with van der Waals surface area (Å²) in [6, 6.07) is 8.98. The van der Waals surface area contributed by atoms with Gasteiger partial charge in [0.1, 0.15) is 11.4 Å². The number of hydrogen-bond acceptors (Lipinski definition) is 7. The third-order valence-electron chi connectivity index (χ3n) is 4.84. The minimum Gasteiger partial charge on any atom is -0.439 e. The van der Waals surface area contributed by atoms with Crippen molar-refractivity contribution in [3.63, 3.8) is 0 Å². The molecule has 0 spiro atoms. The molecule has 0 aliphatic carbocycles. The van der Waals surface area contributed by atoms with Crippen molar-refractivity contribution in [1.82, 2.24) is 15.3 Å². The number of rotatable bonds is 4. The van der Waals surface area contributed by atoms with E-state index >= 15 is 0 Å². The number of aliphatic hydroxyl groups is 1. The van der Waals surface area contributed by atoms with E-state index in [1.165, 1.54) is 12.1 Å². The molecule has 1 fully saturated rings. The van der Waals surface area contributed by atoms with E-state index in [0.29, 0.717) is 22.8 Å². The van der Waals surface area contributed by atoms with E-state index in [1.807, 2.05) is 0 Å². The SMILES string of the molecule is O=C(N[C@H]1CS(O)(O)C[C@H]1O)c1ccc2cc(Oc3ccc(C(F)(F)F)cn3)ccc2n1. The van der Waals surface area contributed by atoms with Crippen LogP contribution in [0.3, 0.4) is 0 Å². The first-order valence-corrected chi connectivity index (χ1v) is 11.2. The van der Waals surface area contributed by atoms with Crippen LogP contribution in [-0.2, 0) is 6.18 Å². The molecule has 2 aromatic heterocycles. The van der Waals surface area contributed by atoms with Crippen LogP contribution in [0.15, 0.2) is 48.7 Å². The van der Waals surface area contributed by atoms with Crippen LogP contribution in [0.4, 0.5) is 13.2 Å². The number of carbonyl (C=O) groups excluding carboxylic acids is 1. The number of amides is 1. The predicted molar refractivity (Wildman–Crippen MR) is 111 cm³/mol. The highest BCUT2D eigenvalue weighted by Crippen LogP contribution is 2.45. The van der Waals surface area contributed by atoms with Gasteiger partial charge in [-0.2, -0.15) is 23.8 Å². The summed E-state index contributed by atoms with van der Waals surface area (Å²) < 4.78 is 62.7. The van der Waals surface area contributed by atoms with Crippen molar-refractivity contribution < 1.29 is 36.9 Å². The highest BCUT2D eigenvalue weighted by molar-refractivity contribution is 8.24. The molecule has 1 aliphatic rings. The summed E-state index contributed by atoms with van der Waals surface area (Å²) >= 11 is 0. The molecule has 12 heteroatoms. The van der Waals surface area contributed by atoms with Crippen LogP contribution in [0.25, 0.3) is 10.9 Å². The van der Waals surface area contributed by atoms with Gasteiger partial charge < -0.3 is 15.2 Å². The van der Waals surface area contributed by atoms with Crippen LogP contribution in [0.2, 0.25) is 0 Å². The summed E-state index contributed by atoms with van der Waals surface area (Å²) in [6.45, 7) is 0. The van der Waals surface area contributed by atoms with Crippen molar-refractivity contribution >= 4 is 27.4 Å². The van der Waals surface area contributed by atoms with Gasteiger partial charge in [0, 0.05) is 17.6 Å². The number of fused-ring (bicyclic) bond motifs is 1. The average molecular weight is 469 g/mol. The van der Waals surface area contributed by atoms with Gasteiger partial charge in [0.05, 0.1) is 34.7 Å². The zero-order chi connectivity index (χ0) is 23.1. The van der Waals surface area contributed by atoms with Gasteiger partial charge in [0.15, 0.2) is 0 Å². The van der Waals surface area contributed by atoms with Crippen molar-refractivity contribution in [2.75, 3.05) is 11.5 Å². The summed E-state index contributed by atoms with van der Waals surface area (Å²) in [5, 5.41) is 13.1. The molecule has 3 heterocycles. The van der Waals surface area contributed by atoms with E-state index in [9.17, 15) is 32.2 Å². The molecule has 0 unspecified atom stereocenters. The van der Waals surface area contributed by atoms with Crippen LogP contribution in [0.5, 0.6) is 11.6 Å². The summed E-state index contributed by atoms with van der Waals surface area (Å²) in [6.07, 6.45) is -4.85. The molecule has 3 aromatic rings. The van der Waals surface area contributed by atoms with Gasteiger partial charge in [0.25, 0.3) is 5.91 Å². The lowest BCUT2D eigenvalue weighted by atomic mass is 10.1. The molecule has 1 saturated heterocycles. The molecule has 4 rings (SSSR count). The standard InChI is InChI=1S/C20H18F3N3O5S/c21-20(22,23)12-2-6-18(24-8-12)31-13-3-5-14-11(7-13)1-4-15(25-14)19(28)26-16-9-32(29,30)10-17(16)27/h1-8,16-17,27,29-30H,9-10H2,(H,26,28)/t16-,17+/m0/s1. The fraction of sp³-hybridized carbons (Fsp3) is 0.250. The van der Waals surface area contributed by atoms with Crippen LogP contribution < -0.4 is 10.1 Å². The van der Waals surface area contributed by atoms with Crippen LogP contribution in [0.1, 0.15) is 16.1 Å². The van der Waals surface area contributed by atoms with Gasteiger partial charge in [-0.3, -0.25) is 13.9 Å². The Morgan fingerprint density at radius 2 is 1.91 bits per heavy atom. The second-order valence-electron chi connectivity index (χ2n) is 7.32. The summed E-state index contributed by atoms with van der Waals surface area (Å²) in [7, 11) is -2.91. The first kappa shape index (κ1) is 22.3. The number of aliphatic hydroxyl groups excluding tert-OH is 1. The van der Waals surface area contributed by atoms with Crippen molar-refractivity contribution in [2.24, 2.45) is 0 Å². The summed E-state index contributed by atoms with van der Waals surface area (Å²) in [5.41, 5.74) is -0.346. The topological polar surface area (TPSA) is 125 Å². The maximum atomic E-state index is 12.6. The lowest BCUT2D eigenvalue weighted by Crippen LogP contribution is -2.42. The Hall–Kier alpha value is -2.93. The number of nitrogens with one attached hydrogen (secondary N) is 1. The van der Waals surface area contributed by atoms with Crippen molar-refractivity contribution in [2.45, 2.75) is 18.3 Å². The van der Waals surface area contributed by atoms with Crippen molar-refractivity contribution in [3.8, 4) is 11.6 Å². The number of ether oxygens (including phenoxy) is 1. The average Bonchev–Trinajstić information content (AvgIpc) is 2.98. The minimum atomic E-state index is -4.49. The minimum absolute atomic E-state index is 0.0117. The molecular formula is C20H18F3N3O5S. The third-order valence-corrected chi connectivity index (χ3v) is 6.61. The number of nitrogens with zero attached hydrogens (tertiary/aromatic N) is 2. The zero-order valence-corrected chi connectivity index (χ0v) is 17.1. The Labute approximate surface area is 181 Å². The van der Waals surface area contributed by atoms with E-state index in [4.69, 9.17) is 4.74 Å². The van der Waals surface area contributed by atoms with E-state index in [-0.39, 0.29) is 23.1 Å². The maximum Gasteiger partial charge on any atom is 0.417 e. The number of alkyl halides is 3. The van der Waals surface area contributed by atoms with Gasteiger partial charge in [-0.25, -0.2) is 9.97 Å². The molecule has 0 bridgehead atoms. The van der Waals surface area contributed by atoms with Gasteiger partial charge >= 0.3 is 6.18 Å². The van der Waals surface area contributed by atoms with Gasteiger partial charge in [-0.15, -0.1) is 0 Å². The fourth-order valence-electron chi connectivity index (χ4n) is 3.26. The Bertz CT molecular complexity index is 1160. The second kappa shape index (κ2) is 8.20. The molecule has 0 radical (unpaired) electrons. The summed E-state index contributed by atoms with van der Waals surface area (Å²) in [4.78, 5) is 20.4. The number of hydrogen-bond donors (Lipinski definition) is 4. The molecule has 1 aliphatic heterocycles. The van der Waals surface area contributed by atoms with Crippen molar-refractivity contribution in [1.29, 1.82) is 0 Å². The Kier molecular flexibility index (Phi) is 5.71. The maximum absolute atomic E-state index is 12.6. The molecule has 170 valence electrons. The molecule has 0 saturated carbocycles. The van der Waals surface area contributed by atoms with Crippen LogP contribution >= 0.6 is 10.6 Å². The van der Waals surface area contributed by atoms with Crippen LogP contribution in [-0.4, -0.2) is 53.7 Å². The Balaban J connectivity index is 1.47. The number of benzene rings is 1. The molecule has 1 amide bonds. The van der Waals surface area contributed by atoms with Gasteiger partial charge in [-0.1, -0.05) is 6.07 Å². The first-order chi connectivity index (χ1) is 15.0. The molecular weight excluding hydrogens is 451 g/mol. The lowest BCUT2D eigenvalue weighted by molar-refractivity contribution is -0.137. The number of carbonyl (C=O) groups is 1. The normalized spacial score (nSPS) is 21.3. The fourth-order valence-corrected chi connectivity index (χ4v) is 5.06. The number of halogens is 3. The monoisotopic (exact) mass is 469 g/mol. The highest BCUT2D eigenvalue weighted by atomic mass is 32.3. The number of aromatic nitrogens is 2. The van der Waals surface area contributed by atoms with Crippen molar-refractivity contribution in [3.05, 3.63) is 59.9 Å². The quantitative estimate of drug-likeness (QED) is 0.460. The summed E-state index contributed by atoms with van der Waals surface area (Å²) in [5.74, 6) is -0.556. The zero-order valence-electron chi connectivity index (χ0n) is 16.3. The van der Waals surface area contributed by atoms with E-state index in [0.717, 1.165) is 12.1 Å². The second-order valence-corrected chi connectivity index (χ2v) is 9.59. The highest BCUT2D eigenvalue weighted by Gasteiger charge is 2.37. The molecule has 32 heavy (non-hydrogen) atoms. The largest absolute Gasteiger partial charge is 0.439 e. The Morgan fingerprint density at radius 1 is 1.12 bits per heavy atom. The first-order valence-electron chi connectivity index (χ1n) is 9.35. The van der Waals surface area contributed by atoms with E-state index < -0.39 is 40.4 Å². The van der Waals surface area contributed by atoms with Gasteiger partial charge in [0.2, 0.25) is 5.88 Å². The lowest BCUT2D eigenvalue weighted by Gasteiger charge is -2.25. The predicted octanol–water partition coefficient (Wildman–Crippen LogP) is 3.66. The molecule has 8 nitrogen and oxygen atoms in total. The molecule has 2 atom stereocenters. The molecule has 4 N–H and O–H groups in total. The Morgan fingerprint density at radius 3 is 2.53 bits per heavy atom. The van der Waals surface area contributed by atoms with E-state index in [2.05, 4.69) is 15.3 Å². The third kappa shape index (κ3) is 4.93. The van der Waals surface area contributed by atoms with Crippen LogP contribution in [0, 0.1) is 0 Å². The molecule has 1 aromatic carbocycles.